The highest BCUT2D eigenvalue weighted by atomic mass is 16.7. The van der Waals surface area contributed by atoms with Crippen LogP contribution in [0.3, 0.4) is 0 Å². The van der Waals surface area contributed by atoms with Crippen LogP contribution in [0.5, 0.6) is 23.0 Å². The monoisotopic (exact) mass is 676 g/mol. The van der Waals surface area contributed by atoms with Crippen LogP contribution in [-0.4, -0.2) is 47.3 Å². The van der Waals surface area contributed by atoms with E-state index in [2.05, 4.69) is 32.1 Å². The van der Waals surface area contributed by atoms with Gasteiger partial charge in [0.2, 0.25) is 11.8 Å². The minimum absolute atomic E-state index is 0.159. The maximum absolute atomic E-state index is 8.12. The molecular weight excluding hydrogens is 648 g/mol. The molecule has 2 aliphatic heterocycles. The van der Waals surface area contributed by atoms with E-state index in [1.165, 1.54) is 0 Å². The number of nitrogens with zero attached hydrogens (tertiary/aromatic N) is 4. The zero-order chi connectivity index (χ0) is 35.8. The Morgan fingerprint density at radius 2 is 0.980 bits per heavy atom. The number of terminal acetylenes is 2. The molecule has 14 heteroatoms. The van der Waals surface area contributed by atoms with Crippen molar-refractivity contribution in [2.24, 2.45) is 10.3 Å². The third-order valence-corrected chi connectivity index (χ3v) is 6.17. The van der Waals surface area contributed by atoms with E-state index in [9.17, 15) is 0 Å². The lowest BCUT2D eigenvalue weighted by atomic mass is 10.1. The van der Waals surface area contributed by atoms with Crippen molar-refractivity contribution in [1.29, 1.82) is 0 Å². The van der Waals surface area contributed by atoms with Crippen LogP contribution in [0, 0.1) is 24.7 Å². The van der Waals surface area contributed by atoms with Gasteiger partial charge in [-0.25, -0.2) is 0 Å². The van der Waals surface area contributed by atoms with E-state index in [0.29, 0.717) is 36.1 Å². The van der Waals surface area contributed by atoms with E-state index in [4.69, 9.17) is 60.6 Å². The van der Waals surface area contributed by atoms with Gasteiger partial charge in [-0.3, -0.25) is 9.97 Å². The maximum atomic E-state index is 8.12. The van der Waals surface area contributed by atoms with Crippen LogP contribution in [0.15, 0.2) is 108 Å². The van der Waals surface area contributed by atoms with Crippen LogP contribution >= 0.6 is 0 Å². The van der Waals surface area contributed by atoms with Crippen LogP contribution in [-0.2, 0) is 28.9 Å². The van der Waals surface area contributed by atoms with Crippen LogP contribution in [0.2, 0.25) is 0 Å². The van der Waals surface area contributed by atoms with Crippen molar-refractivity contribution in [3.8, 4) is 47.7 Å². The molecule has 2 aliphatic rings. The van der Waals surface area contributed by atoms with E-state index >= 15 is 0 Å². The summed E-state index contributed by atoms with van der Waals surface area (Å²) in [5.41, 5.74) is 2.00. The highest BCUT2D eigenvalue weighted by molar-refractivity contribution is 5.80. The fourth-order valence-corrected chi connectivity index (χ4v) is 4.08. The molecule has 252 valence electrons. The zero-order valence-corrected chi connectivity index (χ0v) is 26.2. The normalized spacial score (nSPS) is 14.7. The molecule has 6 rings (SSSR count). The molecule has 0 unspecified atom stereocenters. The lowest BCUT2D eigenvalue weighted by Gasteiger charge is -2.09. The van der Waals surface area contributed by atoms with Gasteiger partial charge < -0.3 is 28.6 Å². The molecule has 4 heterocycles. The zero-order valence-electron chi connectivity index (χ0n) is 26.2. The Kier molecular flexibility index (Phi) is 16.0. The van der Waals surface area contributed by atoms with Gasteiger partial charge in [0.05, 0.1) is 25.2 Å². The first-order valence-corrected chi connectivity index (χ1v) is 14.5. The Bertz CT molecular complexity index is 1690. The molecule has 0 N–H and O–H groups in total. The minimum atomic E-state index is -0.159. The summed E-state index contributed by atoms with van der Waals surface area (Å²) >= 11 is 0. The molecule has 50 heavy (non-hydrogen) atoms. The van der Waals surface area contributed by atoms with Crippen LogP contribution in [0.4, 0.5) is 0 Å². The average Bonchev–Trinajstić information content (AvgIpc) is 3.82. The van der Waals surface area contributed by atoms with E-state index in [1.54, 1.807) is 36.9 Å². The van der Waals surface area contributed by atoms with E-state index in [-0.39, 0.29) is 37.7 Å². The van der Waals surface area contributed by atoms with Crippen molar-refractivity contribution >= 4 is 24.1 Å². The number of pyridine rings is 2. The number of ether oxygens (including phenoxy) is 4. The highest BCUT2D eigenvalue weighted by Gasteiger charge is 2.25. The fraction of sp³-hybridized carbons (Fsp3) is 0.167. The van der Waals surface area contributed by atoms with Crippen LogP contribution < -0.4 is 18.9 Å². The van der Waals surface area contributed by atoms with Crippen molar-refractivity contribution in [3.05, 3.63) is 109 Å². The molecular formula is C36H28N4O10. The third kappa shape index (κ3) is 12.9. The molecule has 0 fully saturated rings. The summed E-state index contributed by atoms with van der Waals surface area (Å²) in [5.74, 6) is 8.66. The van der Waals surface area contributed by atoms with Gasteiger partial charge >= 0.3 is 12.3 Å². The van der Waals surface area contributed by atoms with Gasteiger partial charge in [0.1, 0.15) is 36.2 Å². The van der Waals surface area contributed by atoms with Crippen molar-refractivity contribution in [1.82, 2.24) is 9.97 Å². The molecule has 0 bridgehead atoms. The Hall–Kier alpha value is -7.24. The predicted octanol–water partition coefficient (Wildman–Crippen LogP) is 4.73. The Morgan fingerprint density at radius 1 is 0.600 bits per heavy atom. The summed E-state index contributed by atoms with van der Waals surface area (Å²) in [4.78, 5) is 51.3. The molecule has 0 spiro atoms. The van der Waals surface area contributed by atoms with Gasteiger partial charge in [0.25, 0.3) is 0 Å². The molecule has 0 aliphatic carbocycles. The second kappa shape index (κ2) is 21.5. The largest absolute Gasteiger partial charge is 0.481 e. The first-order chi connectivity index (χ1) is 24.5. The molecule has 14 nitrogen and oxygen atoms in total. The summed E-state index contributed by atoms with van der Waals surface area (Å²) in [5, 5.41) is 7.94. The molecule has 0 saturated heterocycles. The van der Waals surface area contributed by atoms with Crippen molar-refractivity contribution in [3.63, 3.8) is 0 Å². The number of rotatable bonds is 8. The van der Waals surface area contributed by atoms with Gasteiger partial charge in [-0.2, -0.15) is 19.2 Å². The minimum Gasteiger partial charge on any atom is -0.481 e. The van der Waals surface area contributed by atoms with E-state index in [0.717, 1.165) is 22.6 Å². The first kappa shape index (κ1) is 37.2. The van der Waals surface area contributed by atoms with Crippen molar-refractivity contribution < 1.29 is 47.8 Å². The number of hydrogen-bond donors (Lipinski definition) is 0. The van der Waals surface area contributed by atoms with Crippen molar-refractivity contribution in [2.75, 3.05) is 13.2 Å². The van der Waals surface area contributed by atoms with E-state index in [1.807, 2.05) is 60.7 Å². The summed E-state index contributed by atoms with van der Waals surface area (Å²) in [6.45, 7) is 0.511. The molecule has 0 amide bonds. The van der Waals surface area contributed by atoms with Gasteiger partial charge in [-0.15, -0.1) is 12.8 Å². The second-order valence-corrected chi connectivity index (χ2v) is 9.44. The maximum Gasteiger partial charge on any atom is 0.373 e. The fourth-order valence-electron chi connectivity index (χ4n) is 4.08. The molecule has 0 radical (unpaired) electrons. The summed E-state index contributed by atoms with van der Waals surface area (Å²) < 4.78 is 21.9. The summed E-state index contributed by atoms with van der Waals surface area (Å²) in [6.07, 6.45) is 18.3. The second-order valence-electron chi connectivity index (χ2n) is 9.44. The van der Waals surface area contributed by atoms with Gasteiger partial charge in [-0.1, -0.05) is 46.4 Å². The van der Waals surface area contributed by atoms with Crippen molar-refractivity contribution in [2.45, 2.75) is 25.0 Å². The average molecular weight is 677 g/mol. The third-order valence-electron chi connectivity index (χ3n) is 6.17. The summed E-state index contributed by atoms with van der Waals surface area (Å²) in [7, 11) is 0. The van der Waals surface area contributed by atoms with Crippen LogP contribution in [0.1, 0.15) is 36.2 Å². The lowest BCUT2D eigenvalue weighted by molar-refractivity contribution is -0.193. The molecule has 4 aromatic rings. The topological polar surface area (TPSA) is 174 Å². The van der Waals surface area contributed by atoms with Gasteiger partial charge in [0.15, 0.2) is 12.2 Å². The number of carbonyl (C=O) groups excluding carboxylic acids is 4. The van der Waals surface area contributed by atoms with Crippen LogP contribution in [0.25, 0.3) is 0 Å². The molecule has 0 saturated carbocycles. The highest BCUT2D eigenvalue weighted by Crippen LogP contribution is 2.30. The number of hydrogen-bond acceptors (Lipinski definition) is 14. The predicted molar refractivity (Wildman–Crippen MR) is 173 cm³/mol. The number of oxime groups is 2. The molecule has 2 atom stereocenters. The Labute approximate surface area is 286 Å². The molecule has 2 aromatic carbocycles. The number of benzene rings is 2. The standard InChI is InChI=1S/2C17H14N2O3.2CO2/c2*1-2-10-20-14-7-5-13(6-8-14)16-11-17(19-22-16)21-15-4-3-9-18-12-15;2*2-1-3/h2*1,3-9,12,16H,10-11H2;;/t2*16-;;/m10../s1. The van der Waals surface area contributed by atoms with Gasteiger partial charge in [0, 0.05) is 12.4 Å². The number of aromatic nitrogens is 2. The Balaban J connectivity index is 0.000000234. The first-order valence-electron chi connectivity index (χ1n) is 14.5. The quantitative estimate of drug-likeness (QED) is 0.235. The Morgan fingerprint density at radius 3 is 1.30 bits per heavy atom. The smallest absolute Gasteiger partial charge is 0.373 e. The van der Waals surface area contributed by atoms with Gasteiger partial charge in [-0.05, 0) is 59.7 Å². The van der Waals surface area contributed by atoms with E-state index < -0.39 is 0 Å². The molecule has 2 aromatic heterocycles. The summed E-state index contributed by atoms with van der Waals surface area (Å²) in [6, 6.07) is 22.4. The SMILES string of the molecule is C#CCOc1ccc([C@@H]2CC(Oc3cccnc3)=NO2)cc1.C#CCOc1ccc([C@H]2CC(Oc3cccnc3)=NO2)cc1.O=C=O.O=C=O. The lowest BCUT2D eigenvalue weighted by Crippen LogP contribution is -2.07.